The summed E-state index contributed by atoms with van der Waals surface area (Å²) < 4.78 is 43.4. The van der Waals surface area contributed by atoms with Crippen LogP contribution in [0.3, 0.4) is 0 Å². The van der Waals surface area contributed by atoms with Crippen LogP contribution < -0.4 is 4.18 Å². The lowest BCUT2D eigenvalue weighted by atomic mass is 10.0. The predicted octanol–water partition coefficient (Wildman–Crippen LogP) is 5.99. The van der Waals surface area contributed by atoms with Gasteiger partial charge in [0.15, 0.2) is 0 Å². The SMILES string of the molecule is CCCCc1ccc(C(=O)N(Cc2cccc(OS(=O)(=O)c3ccc(F)cc3)c2)C(C)C)cc1. The lowest BCUT2D eigenvalue weighted by molar-refractivity contribution is 0.0690. The molecule has 3 aromatic rings. The molecule has 3 rings (SSSR count). The van der Waals surface area contributed by atoms with Crippen LogP contribution in [0, 0.1) is 5.82 Å². The summed E-state index contributed by atoms with van der Waals surface area (Å²) in [4.78, 5) is 14.8. The van der Waals surface area contributed by atoms with Crippen LogP contribution in [0.1, 0.15) is 55.1 Å². The quantitative estimate of drug-likeness (QED) is 0.333. The van der Waals surface area contributed by atoms with Crippen LogP contribution in [-0.2, 0) is 23.1 Å². The first kappa shape index (κ1) is 25.4. The third kappa shape index (κ3) is 6.67. The maximum absolute atomic E-state index is 13.2. The van der Waals surface area contributed by atoms with E-state index in [9.17, 15) is 17.6 Å². The molecule has 0 N–H and O–H groups in total. The van der Waals surface area contributed by atoms with Crippen molar-refractivity contribution in [2.45, 2.75) is 57.5 Å². The summed E-state index contributed by atoms with van der Waals surface area (Å²) in [5.41, 5.74) is 2.55. The molecule has 0 atom stereocenters. The lowest BCUT2D eigenvalue weighted by Crippen LogP contribution is -2.36. The van der Waals surface area contributed by atoms with E-state index in [4.69, 9.17) is 4.18 Å². The molecule has 0 aromatic heterocycles. The summed E-state index contributed by atoms with van der Waals surface area (Å²) in [6.07, 6.45) is 3.23. The number of aryl methyl sites for hydroxylation is 1. The van der Waals surface area contributed by atoms with Crippen molar-refractivity contribution in [2.75, 3.05) is 0 Å². The average molecular weight is 484 g/mol. The van der Waals surface area contributed by atoms with Gasteiger partial charge in [0.2, 0.25) is 0 Å². The van der Waals surface area contributed by atoms with Gasteiger partial charge in [0.25, 0.3) is 5.91 Å². The summed E-state index contributed by atoms with van der Waals surface area (Å²) in [5, 5.41) is 0. The standard InChI is InChI=1S/C27H30FNO4S/c1-4-5-7-21-10-12-23(13-11-21)27(30)29(20(2)3)19-22-8-6-9-25(18-22)33-34(31,32)26-16-14-24(28)15-17-26/h6,8-18,20H,4-5,7,19H2,1-3H3. The molecule has 0 saturated heterocycles. The van der Waals surface area contributed by atoms with Crippen LogP contribution in [0.5, 0.6) is 5.75 Å². The number of hydrogen-bond acceptors (Lipinski definition) is 4. The van der Waals surface area contributed by atoms with Crippen molar-refractivity contribution >= 4 is 16.0 Å². The molecule has 0 spiro atoms. The van der Waals surface area contributed by atoms with E-state index < -0.39 is 15.9 Å². The van der Waals surface area contributed by atoms with E-state index in [0.717, 1.165) is 49.1 Å². The van der Waals surface area contributed by atoms with Crippen molar-refractivity contribution < 1.29 is 21.8 Å². The van der Waals surface area contributed by atoms with Gasteiger partial charge in [-0.3, -0.25) is 4.79 Å². The van der Waals surface area contributed by atoms with Gasteiger partial charge in [0.1, 0.15) is 16.5 Å². The summed E-state index contributed by atoms with van der Waals surface area (Å²) in [7, 11) is -4.11. The maximum Gasteiger partial charge on any atom is 0.339 e. The zero-order valence-electron chi connectivity index (χ0n) is 19.7. The fourth-order valence-corrected chi connectivity index (χ4v) is 4.44. The zero-order chi connectivity index (χ0) is 24.7. The highest BCUT2D eigenvalue weighted by atomic mass is 32.2. The van der Waals surface area contributed by atoms with Crippen molar-refractivity contribution in [2.24, 2.45) is 0 Å². The number of halogens is 1. The van der Waals surface area contributed by atoms with Crippen LogP contribution in [0.25, 0.3) is 0 Å². The first-order chi connectivity index (χ1) is 16.2. The molecule has 3 aromatic carbocycles. The smallest absolute Gasteiger partial charge is 0.339 e. The minimum atomic E-state index is -4.11. The highest BCUT2D eigenvalue weighted by Crippen LogP contribution is 2.22. The Labute approximate surface area is 201 Å². The molecule has 34 heavy (non-hydrogen) atoms. The number of rotatable bonds is 10. The number of nitrogens with zero attached hydrogens (tertiary/aromatic N) is 1. The lowest BCUT2D eigenvalue weighted by Gasteiger charge is -2.27. The third-order valence-electron chi connectivity index (χ3n) is 5.46. The van der Waals surface area contributed by atoms with Gasteiger partial charge in [-0.25, -0.2) is 4.39 Å². The van der Waals surface area contributed by atoms with Crippen molar-refractivity contribution in [3.8, 4) is 5.75 Å². The Morgan fingerprint density at radius 1 is 0.971 bits per heavy atom. The molecule has 180 valence electrons. The minimum Gasteiger partial charge on any atom is -0.379 e. The molecular weight excluding hydrogens is 453 g/mol. The van der Waals surface area contributed by atoms with E-state index in [0.29, 0.717) is 12.1 Å². The highest BCUT2D eigenvalue weighted by molar-refractivity contribution is 7.87. The van der Waals surface area contributed by atoms with E-state index in [2.05, 4.69) is 6.92 Å². The molecule has 7 heteroatoms. The van der Waals surface area contributed by atoms with Gasteiger partial charge in [0, 0.05) is 18.2 Å². The molecule has 0 fully saturated rings. The number of carbonyl (C=O) groups is 1. The first-order valence-electron chi connectivity index (χ1n) is 11.4. The molecule has 0 bridgehead atoms. The van der Waals surface area contributed by atoms with Gasteiger partial charge in [-0.1, -0.05) is 37.6 Å². The molecule has 0 aliphatic rings. The summed E-state index contributed by atoms with van der Waals surface area (Å²) in [6, 6.07) is 18.7. The Morgan fingerprint density at radius 3 is 2.26 bits per heavy atom. The Morgan fingerprint density at radius 2 is 1.65 bits per heavy atom. The average Bonchev–Trinajstić information content (AvgIpc) is 2.81. The van der Waals surface area contributed by atoms with Crippen molar-refractivity contribution in [3.63, 3.8) is 0 Å². The summed E-state index contributed by atoms with van der Waals surface area (Å²) in [5.74, 6) is -0.504. The van der Waals surface area contributed by atoms with Gasteiger partial charge in [-0.2, -0.15) is 8.42 Å². The van der Waals surface area contributed by atoms with E-state index in [1.807, 2.05) is 44.2 Å². The van der Waals surface area contributed by atoms with E-state index in [1.54, 1.807) is 17.0 Å². The second-order valence-electron chi connectivity index (χ2n) is 8.47. The summed E-state index contributed by atoms with van der Waals surface area (Å²) in [6.45, 7) is 6.32. The van der Waals surface area contributed by atoms with Crippen LogP contribution in [-0.4, -0.2) is 25.3 Å². The van der Waals surface area contributed by atoms with Crippen LogP contribution in [0.2, 0.25) is 0 Å². The Bertz CT molecular complexity index is 1210. The van der Waals surface area contributed by atoms with Crippen molar-refractivity contribution in [3.05, 3.63) is 95.3 Å². The third-order valence-corrected chi connectivity index (χ3v) is 6.73. The highest BCUT2D eigenvalue weighted by Gasteiger charge is 2.21. The molecule has 1 amide bonds. The van der Waals surface area contributed by atoms with E-state index in [1.165, 1.54) is 11.6 Å². The van der Waals surface area contributed by atoms with Crippen molar-refractivity contribution in [1.29, 1.82) is 0 Å². The van der Waals surface area contributed by atoms with E-state index in [-0.39, 0.29) is 22.6 Å². The molecular formula is C27H30FNO4S. The van der Waals surface area contributed by atoms with Gasteiger partial charge in [0.05, 0.1) is 0 Å². The van der Waals surface area contributed by atoms with Crippen LogP contribution in [0.4, 0.5) is 4.39 Å². The number of unbranched alkanes of at least 4 members (excludes halogenated alkanes) is 1. The molecule has 5 nitrogen and oxygen atoms in total. The number of carbonyl (C=O) groups excluding carboxylic acids is 1. The van der Waals surface area contributed by atoms with Crippen molar-refractivity contribution in [1.82, 2.24) is 4.90 Å². The Balaban J connectivity index is 1.75. The summed E-state index contributed by atoms with van der Waals surface area (Å²) >= 11 is 0. The molecule has 0 unspecified atom stereocenters. The predicted molar refractivity (Wildman–Crippen MR) is 131 cm³/mol. The minimum absolute atomic E-state index is 0.0696. The van der Waals surface area contributed by atoms with Gasteiger partial charge in [-0.15, -0.1) is 0 Å². The maximum atomic E-state index is 13.2. The molecule has 0 radical (unpaired) electrons. The fourth-order valence-electron chi connectivity index (χ4n) is 3.52. The Kier molecular flexibility index (Phi) is 8.45. The normalized spacial score (nSPS) is 11.4. The van der Waals surface area contributed by atoms with Crippen LogP contribution >= 0.6 is 0 Å². The van der Waals surface area contributed by atoms with Gasteiger partial charge >= 0.3 is 10.1 Å². The molecule has 0 aliphatic carbocycles. The first-order valence-corrected chi connectivity index (χ1v) is 12.8. The zero-order valence-corrected chi connectivity index (χ0v) is 20.5. The molecule has 0 aliphatic heterocycles. The Hall–Kier alpha value is -3.19. The number of benzene rings is 3. The van der Waals surface area contributed by atoms with Crippen LogP contribution in [0.15, 0.2) is 77.7 Å². The second-order valence-corrected chi connectivity index (χ2v) is 10.0. The largest absolute Gasteiger partial charge is 0.379 e. The monoisotopic (exact) mass is 483 g/mol. The number of hydrogen-bond donors (Lipinski definition) is 0. The molecule has 0 saturated carbocycles. The van der Waals surface area contributed by atoms with Gasteiger partial charge in [-0.05, 0) is 86.3 Å². The van der Waals surface area contributed by atoms with E-state index >= 15 is 0 Å². The second kappa shape index (κ2) is 11.3. The molecule has 0 heterocycles. The van der Waals surface area contributed by atoms with Gasteiger partial charge < -0.3 is 9.08 Å². The topological polar surface area (TPSA) is 63.7 Å². The number of amides is 1. The fraction of sp³-hybridized carbons (Fsp3) is 0.296.